The molecule has 0 aliphatic heterocycles. The molecule has 1 aliphatic rings. The van der Waals surface area contributed by atoms with Crippen LogP contribution in [0.3, 0.4) is 0 Å². The Morgan fingerprint density at radius 3 is 1.40 bits per heavy atom. The molecule has 0 N–H and O–H groups in total. The van der Waals surface area contributed by atoms with E-state index in [2.05, 4.69) is 154 Å². The van der Waals surface area contributed by atoms with Crippen molar-refractivity contribution < 1.29 is 0 Å². The van der Waals surface area contributed by atoms with E-state index < -0.39 is 0 Å². The lowest BCUT2D eigenvalue weighted by Gasteiger charge is -2.17. The summed E-state index contributed by atoms with van der Waals surface area (Å²) in [6, 6.07) is 49.2. The van der Waals surface area contributed by atoms with Gasteiger partial charge in [-0.3, -0.25) is 0 Å². The van der Waals surface area contributed by atoms with Crippen LogP contribution in [0.1, 0.15) is 41.0 Å². The van der Waals surface area contributed by atoms with Gasteiger partial charge in [-0.15, -0.1) is 0 Å². The summed E-state index contributed by atoms with van der Waals surface area (Å²) < 4.78 is 0. The van der Waals surface area contributed by atoms with E-state index in [1.165, 1.54) is 90.7 Å². The zero-order valence-electron chi connectivity index (χ0n) is 24.7. The van der Waals surface area contributed by atoms with E-state index >= 15 is 0 Å². The predicted molar refractivity (Wildman–Crippen MR) is 180 cm³/mol. The molecule has 0 radical (unpaired) electrons. The first-order valence-electron chi connectivity index (χ1n) is 15.1. The Labute approximate surface area is 250 Å². The minimum Gasteiger partial charge on any atom is -0.0620 e. The van der Waals surface area contributed by atoms with Gasteiger partial charge in [0.25, 0.3) is 0 Å². The highest BCUT2D eigenvalue weighted by molar-refractivity contribution is 5.85. The molecule has 204 valence electrons. The third-order valence-electron chi connectivity index (χ3n) is 8.98. The van der Waals surface area contributed by atoms with Gasteiger partial charge in [0.05, 0.1) is 0 Å². The summed E-state index contributed by atoms with van der Waals surface area (Å²) in [7, 11) is 0. The van der Waals surface area contributed by atoms with Crippen molar-refractivity contribution in [1.82, 2.24) is 0 Å². The van der Waals surface area contributed by atoms with Crippen LogP contribution in [0.15, 0.2) is 133 Å². The van der Waals surface area contributed by atoms with Gasteiger partial charge in [0, 0.05) is 0 Å². The van der Waals surface area contributed by atoms with Crippen molar-refractivity contribution in [1.29, 1.82) is 0 Å². The lowest BCUT2D eigenvalue weighted by Crippen LogP contribution is -1.94. The largest absolute Gasteiger partial charge is 0.0620 e. The maximum atomic E-state index is 2.39. The molecule has 0 saturated heterocycles. The Morgan fingerprint density at radius 1 is 0.381 bits per heavy atom. The van der Waals surface area contributed by atoms with Gasteiger partial charge in [-0.1, -0.05) is 121 Å². The third-order valence-corrected chi connectivity index (χ3v) is 8.98. The van der Waals surface area contributed by atoms with Crippen LogP contribution in [0.25, 0.3) is 55.6 Å². The van der Waals surface area contributed by atoms with E-state index in [9.17, 15) is 0 Å². The van der Waals surface area contributed by atoms with Gasteiger partial charge >= 0.3 is 0 Å². The summed E-state index contributed by atoms with van der Waals surface area (Å²) in [5.74, 6) is 0.645. The number of benzene rings is 6. The highest BCUT2D eigenvalue weighted by atomic mass is 14.3. The second kappa shape index (κ2) is 11.0. The van der Waals surface area contributed by atoms with E-state index in [1.54, 1.807) is 0 Å². The van der Waals surface area contributed by atoms with Gasteiger partial charge in [-0.05, 0) is 130 Å². The van der Waals surface area contributed by atoms with Crippen LogP contribution in [0.4, 0.5) is 0 Å². The molecule has 0 aromatic heterocycles. The molecular formula is C42H36. The molecule has 0 unspecified atom stereocenters. The van der Waals surface area contributed by atoms with Crippen LogP contribution in [0, 0.1) is 20.8 Å². The zero-order valence-corrected chi connectivity index (χ0v) is 24.7. The van der Waals surface area contributed by atoms with E-state index in [-0.39, 0.29) is 0 Å². The Balaban J connectivity index is 1.29. The van der Waals surface area contributed by atoms with Crippen molar-refractivity contribution in [3.05, 3.63) is 156 Å². The second-order valence-electron chi connectivity index (χ2n) is 11.8. The first kappa shape index (κ1) is 26.2. The molecule has 0 heteroatoms. The second-order valence-corrected chi connectivity index (χ2v) is 11.8. The molecule has 7 rings (SSSR count). The molecule has 0 nitrogen and oxygen atoms in total. The van der Waals surface area contributed by atoms with Crippen LogP contribution in [0.2, 0.25) is 0 Å². The van der Waals surface area contributed by atoms with Crippen molar-refractivity contribution in [2.75, 3.05) is 0 Å². The minimum absolute atomic E-state index is 0.645. The molecule has 0 amide bonds. The van der Waals surface area contributed by atoms with E-state index in [0.717, 1.165) is 0 Å². The highest BCUT2D eigenvalue weighted by Crippen LogP contribution is 2.49. The average Bonchev–Trinajstić information content (AvgIpc) is 3.87. The number of aryl methyl sites for hydroxylation is 2. The van der Waals surface area contributed by atoms with Crippen molar-refractivity contribution in [3.8, 4) is 55.6 Å². The lowest BCUT2D eigenvalue weighted by atomic mass is 9.86. The summed E-state index contributed by atoms with van der Waals surface area (Å²) in [5.41, 5.74) is 18.6. The molecule has 1 fully saturated rings. The van der Waals surface area contributed by atoms with Crippen LogP contribution in [-0.2, 0) is 0 Å². The Bertz CT molecular complexity index is 1920. The molecule has 0 heterocycles. The van der Waals surface area contributed by atoms with Crippen molar-refractivity contribution in [3.63, 3.8) is 0 Å². The fraction of sp³-hybridized carbons (Fsp3) is 0.143. The maximum Gasteiger partial charge on any atom is -0.0140 e. The van der Waals surface area contributed by atoms with Crippen LogP contribution in [-0.4, -0.2) is 0 Å². The summed E-state index contributed by atoms with van der Waals surface area (Å²) in [5, 5.41) is 0. The highest BCUT2D eigenvalue weighted by Gasteiger charge is 2.29. The van der Waals surface area contributed by atoms with Crippen LogP contribution < -0.4 is 0 Å². The lowest BCUT2D eigenvalue weighted by molar-refractivity contribution is 1.13. The molecule has 1 aliphatic carbocycles. The standard InChI is InChI=1S/C42H36/c1-28-12-4-6-18-36(28)39-21-10-20-38(30(39)3)34-16-8-14-32(26-34)33-15-9-17-35(27-33)40-22-11-23-41(42(40)31-24-25-31)37-19-7-5-13-29(37)2/h4-23,26-27,31H,24-25H2,1-3H3. The van der Waals surface area contributed by atoms with Crippen molar-refractivity contribution in [2.45, 2.75) is 39.5 Å². The molecule has 42 heavy (non-hydrogen) atoms. The van der Waals surface area contributed by atoms with Crippen LogP contribution >= 0.6 is 0 Å². The van der Waals surface area contributed by atoms with Gasteiger partial charge < -0.3 is 0 Å². The fourth-order valence-electron chi connectivity index (χ4n) is 6.59. The van der Waals surface area contributed by atoms with Gasteiger partial charge in [0.1, 0.15) is 0 Å². The van der Waals surface area contributed by atoms with E-state index in [0.29, 0.717) is 5.92 Å². The molecular weight excluding hydrogens is 504 g/mol. The Hall–Kier alpha value is -4.68. The SMILES string of the molecule is Cc1ccccc1-c1cccc(-c2cccc(-c3cccc(-c4cccc(-c5ccccc5C)c4C4CC4)c3)c2)c1C. The van der Waals surface area contributed by atoms with Crippen molar-refractivity contribution >= 4 is 0 Å². The first-order chi connectivity index (χ1) is 20.6. The van der Waals surface area contributed by atoms with E-state index in [4.69, 9.17) is 0 Å². The Kier molecular flexibility index (Phi) is 6.84. The number of hydrogen-bond acceptors (Lipinski definition) is 0. The van der Waals surface area contributed by atoms with Crippen LogP contribution in [0.5, 0.6) is 0 Å². The molecule has 6 aromatic rings. The molecule has 6 aromatic carbocycles. The molecule has 1 saturated carbocycles. The van der Waals surface area contributed by atoms with Crippen molar-refractivity contribution in [2.24, 2.45) is 0 Å². The van der Waals surface area contributed by atoms with Gasteiger partial charge in [0.2, 0.25) is 0 Å². The molecule has 0 bridgehead atoms. The van der Waals surface area contributed by atoms with Gasteiger partial charge in [-0.2, -0.15) is 0 Å². The normalized spacial score (nSPS) is 12.8. The number of hydrogen-bond donors (Lipinski definition) is 0. The average molecular weight is 541 g/mol. The smallest absolute Gasteiger partial charge is 0.0140 e. The molecule has 0 atom stereocenters. The Morgan fingerprint density at radius 2 is 0.810 bits per heavy atom. The zero-order chi connectivity index (χ0) is 28.6. The summed E-state index contributed by atoms with van der Waals surface area (Å²) >= 11 is 0. The minimum atomic E-state index is 0.645. The number of rotatable bonds is 6. The topological polar surface area (TPSA) is 0 Å². The monoisotopic (exact) mass is 540 g/mol. The molecule has 0 spiro atoms. The first-order valence-corrected chi connectivity index (χ1v) is 15.1. The summed E-state index contributed by atoms with van der Waals surface area (Å²) in [4.78, 5) is 0. The summed E-state index contributed by atoms with van der Waals surface area (Å²) in [6.45, 7) is 6.68. The maximum absolute atomic E-state index is 2.39. The van der Waals surface area contributed by atoms with E-state index in [1.807, 2.05) is 0 Å². The summed E-state index contributed by atoms with van der Waals surface area (Å²) in [6.07, 6.45) is 2.55. The quantitative estimate of drug-likeness (QED) is 0.197. The van der Waals surface area contributed by atoms with Gasteiger partial charge in [-0.25, -0.2) is 0 Å². The van der Waals surface area contributed by atoms with Gasteiger partial charge in [0.15, 0.2) is 0 Å². The predicted octanol–water partition coefficient (Wildman–Crippen LogP) is 11.8. The third kappa shape index (κ3) is 4.88. The fourth-order valence-corrected chi connectivity index (χ4v) is 6.59.